The summed E-state index contributed by atoms with van der Waals surface area (Å²) in [7, 11) is 5.21. The normalized spacial score (nSPS) is 11.3. The third kappa shape index (κ3) is 3.94. The zero-order valence-corrected chi connectivity index (χ0v) is 13.7. The molecule has 0 fully saturated rings. The molecular weight excluding hydrogens is 308 g/mol. The molecule has 1 aromatic rings. The number of nitrogens with zero attached hydrogens (tertiary/aromatic N) is 1. The number of halogens is 1. The third-order valence-corrected chi connectivity index (χ3v) is 3.65. The van der Waals surface area contributed by atoms with E-state index >= 15 is 0 Å². The maximum absolute atomic E-state index is 12.3. The molecule has 5 heteroatoms. The number of carbonyl (C=O) groups excluding carboxylic acids is 1. The Labute approximate surface area is 123 Å². The minimum absolute atomic E-state index is 0.0389. The van der Waals surface area contributed by atoms with Crippen molar-refractivity contribution in [2.45, 2.75) is 25.9 Å². The van der Waals surface area contributed by atoms with Gasteiger partial charge in [0.25, 0.3) is 0 Å². The molecule has 4 nitrogen and oxygen atoms in total. The van der Waals surface area contributed by atoms with Crippen molar-refractivity contribution in [3.05, 3.63) is 28.2 Å². The SMILES string of the molecule is CNC(C)(C)C(=O)N(C)Cc1cc(Br)ccc1OC. The van der Waals surface area contributed by atoms with Crippen molar-refractivity contribution >= 4 is 21.8 Å². The molecule has 0 saturated heterocycles. The minimum atomic E-state index is -0.575. The Bertz CT molecular complexity index is 461. The van der Waals surface area contributed by atoms with E-state index in [2.05, 4.69) is 21.2 Å². The number of rotatable bonds is 5. The molecule has 1 aromatic carbocycles. The van der Waals surface area contributed by atoms with Crippen LogP contribution in [0.25, 0.3) is 0 Å². The molecule has 1 N–H and O–H groups in total. The van der Waals surface area contributed by atoms with Crippen LogP contribution < -0.4 is 10.1 Å². The average molecular weight is 329 g/mol. The smallest absolute Gasteiger partial charge is 0.242 e. The second-order valence-electron chi connectivity index (χ2n) is 4.99. The summed E-state index contributed by atoms with van der Waals surface area (Å²) < 4.78 is 6.29. The Morgan fingerprint density at radius 3 is 2.63 bits per heavy atom. The first-order chi connectivity index (χ1) is 8.81. The first kappa shape index (κ1) is 16.0. The number of nitrogens with one attached hydrogen (secondary N) is 1. The molecule has 0 bridgehead atoms. The van der Waals surface area contributed by atoms with Gasteiger partial charge in [0.15, 0.2) is 0 Å². The average Bonchev–Trinajstić information content (AvgIpc) is 2.38. The van der Waals surface area contributed by atoms with Gasteiger partial charge in [-0.15, -0.1) is 0 Å². The van der Waals surface area contributed by atoms with Gasteiger partial charge in [0, 0.05) is 23.6 Å². The van der Waals surface area contributed by atoms with E-state index in [1.165, 1.54) is 0 Å². The topological polar surface area (TPSA) is 41.6 Å². The highest BCUT2D eigenvalue weighted by molar-refractivity contribution is 9.10. The Morgan fingerprint density at radius 2 is 2.11 bits per heavy atom. The molecule has 0 aliphatic rings. The first-order valence-corrected chi connectivity index (χ1v) is 6.88. The second-order valence-corrected chi connectivity index (χ2v) is 5.91. The molecule has 0 unspecified atom stereocenters. The first-order valence-electron chi connectivity index (χ1n) is 6.08. The van der Waals surface area contributed by atoms with Crippen molar-refractivity contribution in [1.82, 2.24) is 10.2 Å². The lowest BCUT2D eigenvalue weighted by Gasteiger charge is -2.29. The number of amides is 1. The minimum Gasteiger partial charge on any atom is -0.496 e. The number of carbonyl (C=O) groups is 1. The molecule has 0 spiro atoms. The van der Waals surface area contributed by atoms with Gasteiger partial charge >= 0.3 is 0 Å². The fraction of sp³-hybridized carbons (Fsp3) is 0.500. The molecule has 0 heterocycles. The summed E-state index contributed by atoms with van der Waals surface area (Å²) in [5.74, 6) is 0.821. The lowest BCUT2D eigenvalue weighted by Crippen LogP contribution is -2.51. The van der Waals surface area contributed by atoms with Crippen LogP contribution >= 0.6 is 15.9 Å². The van der Waals surface area contributed by atoms with Crippen molar-refractivity contribution in [2.24, 2.45) is 0 Å². The fourth-order valence-electron chi connectivity index (χ4n) is 1.78. The van der Waals surface area contributed by atoms with E-state index in [0.717, 1.165) is 15.8 Å². The third-order valence-electron chi connectivity index (χ3n) is 3.16. The van der Waals surface area contributed by atoms with E-state index in [4.69, 9.17) is 4.74 Å². The Hall–Kier alpha value is -1.07. The van der Waals surface area contributed by atoms with Gasteiger partial charge in [0.05, 0.1) is 12.6 Å². The van der Waals surface area contributed by atoms with E-state index in [1.807, 2.05) is 32.0 Å². The van der Waals surface area contributed by atoms with Gasteiger partial charge < -0.3 is 15.0 Å². The number of benzene rings is 1. The highest BCUT2D eigenvalue weighted by Crippen LogP contribution is 2.24. The molecule has 0 atom stereocenters. The Kier molecular flexibility index (Phi) is 5.38. The van der Waals surface area contributed by atoms with Crippen LogP contribution in [0.3, 0.4) is 0 Å². The predicted octanol–water partition coefficient (Wildman–Crippen LogP) is 2.41. The molecule has 106 valence electrons. The van der Waals surface area contributed by atoms with Gasteiger partial charge in [-0.2, -0.15) is 0 Å². The maximum atomic E-state index is 12.3. The molecule has 0 aliphatic carbocycles. The largest absolute Gasteiger partial charge is 0.496 e. The Morgan fingerprint density at radius 1 is 1.47 bits per heavy atom. The van der Waals surface area contributed by atoms with Gasteiger partial charge in [0.1, 0.15) is 5.75 Å². The van der Waals surface area contributed by atoms with Gasteiger partial charge in [-0.3, -0.25) is 4.79 Å². The van der Waals surface area contributed by atoms with Crippen molar-refractivity contribution in [3.63, 3.8) is 0 Å². The standard InChI is InChI=1S/C14H21BrN2O2/c1-14(2,16-3)13(18)17(4)9-10-8-11(15)6-7-12(10)19-5/h6-8,16H,9H2,1-5H3. The van der Waals surface area contributed by atoms with E-state index < -0.39 is 5.54 Å². The summed E-state index contributed by atoms with van der Waals surface area (Å²) >= 11 is 3.43. The summed E-state index contributed by atoms with van der Waals surface area (Å²) in [6, 6.07) is 5.78. The molecule has 19 heavy (non-hydrogen) atoms. The van der Waals surface area contributed by atoms with Gasteiger partial charge in [0.2, 0.25) is 5.91 Å². The van der Waals surface area contributed by atoms with Crippen molar-refractivity contribution in [1.29, 1.82) is 0 Å². The fourth-order valence-corrected chi connectivity index (χ4v) is 2.19. The van der Waals surface area contributed by atoms with E-state index in [1.54, 1.807) is 26.1 Å². The summed E-state index contributed by atoms with van der Waals surface area (Å²) in [4.78, 5) is 14.0. The second kappa shape index (κ2) is 6.39. The number of ether oxygens (including phenoxy) is 1. The molecule has 0 radical (unpaired) electrons. The van der Waals surface area contributed by atoms with Crippen molar-refractivity contribution in [2.75, 3.05) is 21.2 Å². The summed E-state index contributed by atoms with van der Waals surface area (Å²) in [6.07, 6.45) is 0. The van der Waals surface area contributed by atoms with Crippen LogP contribution in [0.2, 0.25) is 0 Å². The number of hydrogen-bond donors (Lipinski definition) is 1. The summed E-state index contributed by atoms with van der Waals surface area (Å²) in [5, 5.41) is 3.02. The van der Waals surface area contributed by atoms with Crippen molar-refractivity contribution in [3.8, 4) is 5.75 Å². The van der Waals surface area contributed by atoms with Crippen LogP contribution in [0.4, 0.5) is 0 Å². The molecule has 1 rings (SSSR count). The molecule has 1 amide bonds. The monoisotopic (exact) mass is 328 g/mol. The summed E-state index contributed by atoms with van der Waals surface area (Å²) in [5.41, 5.74) is 0.396. The molecular formula is C14H21BrN2O2. The quantitative estimate of drug-likeness (QED) is 0.902. The van der Waals surface area contributed by atoms with E-state index in [9.17, 15) is 4.79 Å². The molecule has 0 saturated carbocycles. The van der Waals surface area contributed by atoms with Gasteiger partial charge in [-0.25, -0.2) is 0 Å². The zero-order valence-electron chi connectivity index (χ0n) is 12.1. The van der Waals surface area contributed by atoms with Crippen LogP contribution in [0.15, 0.2) is 22.7 Å². The van der Waals surface area contributed by atoms with Gasteiger partial charge in [-0.05, 0) is 39.1 Å². The molecule has 0 aliphatic heterocycles. The number of hydrogen-bond acceptors (Lipinski definition) is 3. The van der Waals surface area contributed by atoms with Crippen molar-refractivity contribution < 1.29 is 9.53 Å². The van der Waals surface area contributed by atoms with Crippen LogP contribution in [-0.2, 0) is 11.3 Å². The van der Waals surface area contributed by atoms with Crippen LogP contribution in [0, 0.1) is 0 Å². The van der Waals surface area contributed by atoms with E-state index in [-0.39, 0.29) is 5.91 Å². The predicted molar refractivity (Wildman–Crippen MR) is 80.3 cm³/mol. The summed E-state index contributed by atoms with van der Waals surface area (Å²) in [6.45, 7) is 4.24. The Balaban J connectivity index is 2.91. The van der Waals surface area contributed by atoms with Crippen LogP contribution in [0.1, 0.15) is 19.4 Å². The highest BCUT2D eigenvalue weighted by Gasteiger charge is 2.28. The highest BCUT2D eigenvalue weighted by atomic mass is 79.9. The number of methoxy groups -OCH3 is 1. The van der Waals surface area contributed by atoms with Crippen LogP contribution in [-0.4, -0.2) is 37.6 Å². The zero-order chi connectivity index (χ0) is 14.6. The lowest BCUT2D eigenvalue weighted by atomic mass is 10.0. The van der Waals surface area contributed by atoms with Crippen LogP contribution in [0.5, 0.6) is 5.75 Å². The number of likely N-dealkylation sites (N-methyl/N-ethyl adjacent to an activating group) is 2. The lowest BCUT2D eigenvalue weighted by molar-refractivity contribution is -0.136. The molecule has 0 aromatic heterocycles. The van der Waals surface area contributed by atoms with E-state index in [0.29, 0.717) is 6.54 Å². The van der Waals surface area contributed by atoms with Gasteiger partial charge in [-0.1, -0.05) is 15.9 Å². The maximum Gasteiger partial charge on any atom is 0.242 e.